The zero-order chi connectivity index (χ0) is 19.6. The molecule has 140 valence electrons. The number of thioether (sulfide) groups is 1. The number of thiophene rings is 1. The lowest BCUT2D eigenvalue weighted by molar-refractivity contribution is -0.113. The Balaban J connectivity index is 1.74. The number of ketones is 1. The lowest BCUT2D eigenvalue weighted by Crippen LogP contribution is -2.14. The monoisotopic (exact) mass is 399 g/mol. The maximum atomic E-state index is 12.3. The SMILES string of the molecule is CCc1nc(SCC(=O)Nc2ccc(C(C)=O)cc2)c2c(C)c(C)sc2n1. The van der Waals surface area contributed by atoms with Crippen LogP contribution in [0.25, 0.3) is 10.2 Å². The van der Waals surface area contributed by atoms with E-state index < -0.39 is 0 Å². The van der Waals surface area contributed by atoms with Gasteiger partial charge in [0.05, 0.1) is 5.75 Å². The van der Waals surface area contributed by atoms with Crippen LogP contribution in [0.4, 0.5) is 5.69 Å². The summed E-state index contributed by atoms with van der Waals surface area (Å²) in [6.45, 7) is 7.70. The van der Waals surface area contributed by atoms with E-state index in [1.165, 1.54) is 29.1 Å². The molecule has 0 saturated carbocycles. The first kappa shape index (κ1) is 19.5. The summed E-state index contributed by atoms with van der Waals surface area (Å²) < 4.78 is 0. The van der Waals surface area contributed by atoms with E-state index in [9.17, 15) is 9.59 Å². The predicted octanol–water partition coefficient (Wildman–Crippen LogP) is 4.80. The molecule has 3 rings (SSSR count). The molecule has 0 fully saturated rings. The standard InChI is InChI=1S/C20H21N3O2S2/c1-5-16-22-19(18-11(2)13(4)27-20(18)23-16)26-10-17(25)21-15-8-6-14(7-9-15)12(3)24/h6-9H,5,10H2,1-4H3,(H,21,25). The van der Waals surface area contributed by atoms with Gasteiger partial charge in [-0.1, -0.05) is 18.7 Å². The van der Waals surface area contributed by atoms with Gasteiger partial charge in [0, 0.05) is 27.9 Å². The number of anilines is 1. The van der Waals surface area contributed by atoms with Gasteiger partial charge in [-0.05, 0) is 50.6 Å². The van der Waals surface area contributed by atoms with Crippen molar-refractivity contribution in [3.8, 4) is 0 Å². The van der Waals surface area contributed by atoms with Crippen LogP contribution >= 0.6 is 23.1 Å². The number of hydrogen-bond acceptors (Lipinski definition) is 6. The molecule has 0 saturated heterocycles. The number of Topliss-reactive ketones (excluding diaryl/α,β-unsaturated/α-hetero) is 1. The quantitative estimate of drug-likeness (QED) is 0.366. The Morgan fingerprint density at radius 3 is 2.48 bits per heavy atom. The molecular formula is C20H21N3O2S2. The van der Waals surface area contributed by atoms with Crippen LogP contribution < -0.4 is 5.32 Å². The molecule has 1 amide bonds. The van der Waals surface area contributed by atoms with Crippen molar-refractivity contribution < 1.29 is 9.59 Å². The molecule has 3 aromatic rings. The Bertz CT molecular complexity index is 1010. The van der Waals surface area contributed by atoms with E-state index in [1.807, 2.05) is 6.92 Å². The highest BCUT2D eigenvalue weighted by Gasteiger charge is 2.16. The van der Waals surface area contributed by atoms with Gasteiger partial charge in [-0.15, -0.1) is 11.3 Å². The number of aryl methyl sites for hydroxylation is 3. The second kappa shape index (κ2) is 8.19. The van der Waals surface area contributed by atoms with Crippen molar-refractivity contribution in [1.82, 2.24) is 9.97 Å². The van der Waals surface area contributed by atoms with Crippen molar-refractivity contribution in [2.45, 2.75) is 39.1 Å². The summed E-state index contributed by atoms with van der Waals surface area (Å²) in [5.74, 6) is 0.957. The average Bonchev–Trinajstić information content (AvgIpc) is 2.94. The number of benzene rings is 1. The summed E-state index contributed by atoms with van der Waals surface area (Å²) in [4.78, 5) is 35.1. The minimum atomic E-state index is -0.106. The Morgan fingerprint density at radius 2 is 1.85 bits per heavy atom. The fourth-order valence-electron chi connectivity index (χ4n) is 2.64. The molecular weight excluding hydrogens is 378 g/mol. The summed E-state index contributed by atoms with van der Waals surface area (Å²) in [6.07, 6.45) is 0.758. The first-order chi connectivity index (χ1) is 12.9. The first-order valence-electron chi connectivity index (χ1n) is 8.69. The number of fused-ring (bicyclic) bond motifs is 1. The highest BCUT2D eigenvalue weighted by atomic mass is 32.2. The molecule has 0 aliphatic heterocycles. The average molecular weight is 400 g/mol. The summed E-state index contributed by atoms with van der Waals surface area (Å²) in [7, 11) is 0. The molecule has 0 aliphatic rings. The number of rotatable bonds is 6. The normalized spacial score (nSPS) is 11.0. The zero-order valence-electron chi connectivity index (χ0n) is 15.8. The fraction of sp³-hybridized carbons (Fsp3) is 0.300. The van der Waals surface area contributed by atoms with Crippen molar-refractivity contribution in [2.75, 3.05) is 11.1 Å². The molecule has 5 nitrogen and oxygen atoms in total. The fourth-order valence-corrected chi connectivity index (χ4v) is 4.65. The van der Waals surface area contributed by atoms with E-state index in [4.69, 9.17) is 0 Å². The van der Waals surface area contributed by atoms with E-state index in [0.717, 1.165) is 27.5 Å². The van der Waals surface area contributed by atoms with Crippen LogP contribution in [-0.2, 0) is 11.2 Å². The molecule has 0 radical (unpaired) electrons. The van der Waals surface area contributed by atoms with Gasteiger partial charge < -0.3 is 5.32 Å². The lowest BCUT2D eigenvalue weighted by atomic mass is 10.1. The topological polar surface area (TPSA) is 72.0 Å². The molecule has 0 aliphatic carbocycles. The molecule has 2 heterocycles. The number of carbonyl (C=O) groups excluding carboxylic acids is 2. The van der Waals surface area contributed by atoms with Gasteiger partial charge in [0.15, 0.2) is 5.78 Å². The molecule has 0 atom stereocenters. The van der Waals surface area contributed by atoms with Crippen molar-refractivity contribution in [3.05, 3.63) is 46.1 Å². The number of nitrogens with zero attached hydrogens (tertiary/aromatic N) is 2. The number of carbonyl (C=O) groups is 2. The number of aromatic nitrogens is 2. The highest BCUT2D eigenvalue weighted by Crippen LogP contribution is 2.35. The highest BCUT2D eigenvalue weighted by molar-refractivity contribution is 8.00. The summed E-state index contributed by atoms with van der Waals surface area (Å²) >= 11 is 3.10. The molecule has 27 heavy (non-hydrogen) atoms. The van der Waals surface area contributed by atoms with Crippen LogP contribution in [0.2, 0.25) is 0 Å². The zero-order valence-corrected chi connectivity index (χ0v) is 17.4. The molecule has 1 N–H and O–H groups in total. The van der Waals surface area contributed by atoms with Crippen LogP contribution in [0, 0.1) is 13.8 Å². The van der Waals surface area contributed by atoms with Crippen LogP contribution in [0.5, 0.6) is 0 Å². The Morgan fingerprint density at radius 1 is 1.15 bits per heavy atom. The summed E-state index contributed by atoms with van der Waals surface area (Å²) in [6, 6.07) is 6.90. The minimum absolute atomic E-state index is 0.00404. The van der Waals surface area contributed by atoms with Gasteiger partial charge in [0.1, 0.15) is 15.7 Å². The maximum absolute atomic E-state index is 12.3. The largest absolute Gasteiger partial charge is 0.325 e. The third kappa shape index (κ3) is 4.36. The van der Waals surface area contributed by atoms with E-state index >= 15 is 0 Å². The smallest absolute Gasteiger partial charge is 0.234 e. The van der Waals surface area contributed by atoms with E-state index in [1.54, 1.807) is 35.6 Å². The van der Waals surface area contributed by atoms with E-state index in [-0.39, 0.29) is 17.4 Å². The van der Waals surface area contributed by atoms with Crippen molar-refractivity contribution in [1.29, 1.82) is 0 Å². The van der Waals surface area contributed by atoms with Crippen LogP contribution in [0.15, 0.2) is 29.3 Å². The third-order valence-electron chi connectivity index (χ3n) is 4.27. The van der Waals surface area contributed by atoms with Crippen LogP contribution in [0.1, 0.15) is 40.5 Å². The van der Waals surface area contributed by atoms with Crippen LogP contribution in [0.3, 0.4) is 0 Å². The molecule has 7 heteroatoms. The van der Waals surface area contributed by atoms with Gasteiger partial charge in [-0.3, -0.25) is 9.59 Å². The van der Waals surface area contributed by atoms with Gasteiger partial charge in [-0.25, -0.2) is 9.97 Å². The molecule has 1 aromatic carbocycles. The summed E-state index contributed by atoms with van der Waals surface area (Å²) in [5.41, 5.74) is 2.48. The Hall–Kier alpha value is -2.25. The number of amides is 1. The Labute approximate surface area is 166 Å². The minimum Gasteiger partial charge on any atom is -0.325 e. The number of nitrogens with one attached hydrogen (secondary N) is 1. The molecule has 0 spiro atoms. The third-order valence-corrected chi connectivity index (χ3v) is 6.35. The van der Waals surface area contributed by atoms with Gasteiger partial charge in [0.25, 0.3) is 0 Å². The van der Waals surface area contributed by atoms with Crippen molar-refractivity contribution >= 4 is 50.7 Å². The summed E-state index contributed by atoms with van der Waals surface area (Å²) in [5, 5.41) is 4.78. The molecule has 0 unspecified atom stereocenters. The number of hydrogen-bond donors (Lipinski definition) is 1. The predicted molar refractivity (Wildman–Crippen MR) is 112 cm³/mol. The first-order valence-corrected chi connectivity index (χ1v) is 10.5. The van der Waals surface area contributed by atoms with Crippen molar-refractivity contribution in [2.24, 2.45) is 0 Å². The van der Waals surface area contributed by atoms with E-state index in [2.05, 4.69) is 29.1 Å². The van der Waals surface area contributed by atoms with E-state index in [0.29, 0.717) is 11.3 Å². The molecule has 2 aromatic heterocycles. The lowest BCUT2D eigenvalue weighted by Gasteiger charge is -2.08. The Kier molecular flexibility index (Phi) is 5.92. The van der Waals surface area contributed by atoms with Crippen LogP contribution in [-0.4, -0.2) is 27.4 Å². The second-order valence-corrected chi connectivity index (χ2v) is 8.40. The van der Waals surface area contributed by atoms with Gasteiger partial charge >= 0.3 is 0 Å². The maximum Gasteiger partial charge on any atom is 0.234 e. The molecule has 0 bridgehead atoms. The second-order valence-electron chi connectivity index (χ2n) is 6.23. The van der Waals surface area contributed by atoms with Gasteiger partial charge in [-0.2, -0.15) is 0 Å². The van der Waals surface area contributed by atoms with Gasteiger partial charge in [0.2, 0.25) is 5.91 Å². The van der Waals surface area contributed by atoms with Crippen molar-refractivity contribution in [3.63, 3.8) is 0 Å².